The number of hydrogen-bond donors (Lipinski definition) is 1. The Morgan fingerprint density at radius 2 is 1.47 bits per heavy atom. The van der Waals surface area contributed by atoms with Gasteiger partial charge in [-0.3, -0.25) is 0 Å². The molecule has 0 amide bonds. The minimum atomic E-state index is 0.500. The fourth-order valence-electron chi connectivity index (χ4n) is 1.43. The number of amidine groups is 1. The van der Waals surface area contributed by atoms with Gasteiger partial charge in [-0.1, -0.05) is 54.6 Å². The van der Waals surface area contributed by atoms with Crippen molar-refractivity contribution >= 4 is 17.6 Å². The van der Waals surface area contributed by atoms with Crippen molar-refractivity contribution in [3.05, 3.63) is 72.3 Å². The molecule has 0 spiro atoms. The van der Waals surface area contributed by atoms with E-state index in [1.165, 1.54) is 0 Å². The predicted octanol–water partition coefficient (Wildman–Crippen LogP) is 3.39. The van der Waals surface area contributed by atoms with Gasteiger partial charge in [-0.15, -0.1) is 0 Å². The number of aliphatic imine (C=N–C) groups is 1. The maximum atomic E-state index is 5.82. The number of nitrogens with two attached hydrogens (primary N) is 1. The molecular formula is C15H14N2. The lowest BCUT2D eigenvalue weighted by Gasteiger charge is -1.95. The van der Waals surface area contributed by atoms with E-state index < -0.39 is 0 Å². The van der Waals surface area contributed by atoms with Gasteiger partial charge in [0.05, 0.1) is 5.69 Å². The first-order valence-electron chi connectivity index (χ1n) is 5.47. The lowest BCUT2D eigenvalue weighted by Crippen LogP contribution is -2.06. The van der Waals surface area contributed by atoms with E-state index >= 15 is 0 Å². The van der Waals surface area contributed by atoms with E-state index in [-0.39, 0.29) is 0 Å². The minimum Gasteiger partial charge on any atom is -0.384 e. The molecule has 0 saturated carbocycles. The Morgan fingerprint density at radius 1 is 0.882 bits per heavy atom. The van der Waals surface area contributed by atoms with Crippen molar-refractivity contribution in [2.75, 3.05) is 0 Å². The molecule has 84 valence electrons. The van der Waals surface area contributed by atoms with E-state index in [1.54, 1.807) is 0 Å². The van der Waals surface area contributed by atoms with Gasteiger partial charge >= 0.3 is 0 Å². The topological polar surface area (TPSA) is 38.4 Å². The van der Waals surface area contributed by atoms with E-state index in [2.05, 4.69) is 4.99 Å². The summed E-state index contributed by atoms with van der Waals surface area (Å²) in [7, 11) is 0. The quantitative estimate of drug-likeness (QED) is 0.627. The van der Waals surface area contributed by atoms with Crippen LogP contribution in [-0.4, -0.2) is 5.84 Å². The average Bonchev–Trinajstić information content (AvgIpc) is 2.39. The van der Waals surface area contributed by atoms with Gasteiger partial charge in [0.25, 0.3) is 0 Å². The van der Waals surface area contributed by atoms with Crippen LogP contribution in [-0.2, 0) is 0 Å². The first kappa shape index (κ1) is 11.1. The van der Waals surface area contributed by atoms with Crippen LogP contribution in [0.15, 0.2) is 71.7 Å². The molecule has 0 aliphatic rings. The first-order valence-corrected chi connectivity index (χ1v) is 5.47. The molecule has 0 saturated heterocycles. The van der Waals surface area contributed by atoms with Gasteiger partial charge in [-0.2, -0.15) is 0 Å². The molecule has 0 unspecified atom stereocenters. The van der Waals surface area contributed by atoms with Crippen molar-refractivity contribution in [1.82, 2.24) is 0 Å². The van der Waals surface area contributed by atoms with Crippen LogP contribution < -0.4 is 5.73 Å². The first-order chi connectivity index (χ1) is 8.34. The number of hydrogen-bond acceptors (Lipinski definition) is 1. The standard InChI is InChI=1S/C15H14N2/c16-15(17-14-9-5-2-6-10-14)12-11-13-7-3-1-4-8-13/h1-12H,(H2,16,17)/b12-11+. The molecule has 2 aromatic carbocycles. The summed E-state index contributed by atoms with van der Waals surface area (Å²) in [6.07, 6.45) is 3.75. The molecule has 0 atom stereocenters. The summed E-state index contributed by atoms with van der Waals surface area (Å²) in [4.78, 5) is 4.28. The van der Waals surface area contributed by atoms with Crippen molar-refractivity contribution in [2.24, 2.45) is 10.7 Å². The molecule has 17 heavy (non-hydrogen) atoms. The van der Waals surface area contributed by atoms with Gasteiger partial charge < -0.3 is 5.73 Å². The average molecular weight is 222 g/mol. The normalized spacial score (nSPS) is 11.9. The van der Waals surface area contributed by atoms with Crippen LogP contribution in [0.5, 0.6) is 0 Å². The molecule has 2 heteroatoms. The van der Waals surface area contributed by atoms with Crippen LogP contribution in [0.3, 0.4) is 0 Å². The summed E-state index contributed by atoms with van der Waals surface area (Å²) < 4.78 is 0. The second-order valence-corrected chi connectivity index (χ2v) is 3.62. The second kappa shape index (κ2) is 5.66. The summed E-state index contributed by atoms with van der Waals surface area (Å²) in [5, 5.41) is 0. The van der Waals surface area contributed by atoms with Gasteiger partial charge in [-0.05, 0) is 23.8 Å². The van der Waals surface area contributed by atoms with Crippen LogP contribution in [0, 0.1) is 0 Å². The second-order valence-electron chi connectivity index (χ2n) is 3.62. The van der Waals surface area contributed by atoms with Crippen LogP contribution in [0.2, 0.25) is 0 Å². The third-order valence-electron chi connectivity index (χ3n) is 2.26. The minimum absolute atomic E-state index is 0.500. The monoisotopic (exact) mass is 222 g/mol. The molecule has 0 aromatic heterocycles. The van der Waals surface area contributed by atoms with Crippen LogP contribution >= 0.6 is 0 Å². The molecule has 0 heterocycles. The molecule has 2 nitrogen and oxygen atoms in total. The van der Waals surface area contributed by atoms with Crippen molar-refractivity contribution < 1.29 is 0 Å². The molecule has 2 rings (SSSR count). The summed E-state index contributed by atoms with van der Waals surface area (Å²) in [5.74, 6) is 0.500. The van der Waals surface area contributed by atoms with Crippen molar-refractivity contribution in [3.63, 3.8) is 0 Å². The number of nitrogens with zero attached hydrogens (tertiary/aromatic N) is 1. The highest BCUT2D eigenvalue weighted by Crippen LogP contribution is 2.09. The zero-order valence-electron chi connectivity index (χ0n) is 9.45. The molecule has 0 bridgehead atoms. The molecule has 0 fully saturated rings. The lowest BCUT2D eigenvalue weighted by atomic mass is 10.2. The summed E-state index contributed by atoms with van der Waals surface area (Å²) in [6.45, 7) is 0. The fourth-order valence-corrected chi connectivity index (χ4v) is 1.43. The highest BCUT2D eigenvalue weighted by atomic mass is 14.8. The Hall–Kier alpha value is -2.35. The zero-order chi connectivity index (χ0) is 11.9. The largest absolute Gasteiger partial charge is 0.384 e. The predicted molar refractivity (Wildman–Crippen MR) is 73.2 cm³/mol. The number of para-hydroxylation sites is 1. The van der Waals surface area contributed by atoms with Crippen molar-refractivity contribution in [3.8, 4) is 0 Å². The summed E-state index contributed by atoms with van der Waals surface area (Å²) in [6, 6.07) is 19.7. The van der Waals surface area contributed by atoms with E-state index in [4.69, 9.17) is 5.73 Å². The van der Waals surface area contributed by atoms with Gasteiger partial charge in [0.2, 0.25) is 0 Å². The molecule has 2 N–H and O–H groups in total. The van der Waals surface area contributed by atoms with Crippen LogP contribution in [0.1, 0.15) is 5.56 Å². The molecular weight excluding hydrogens is 208 g/mol. The lowest BCUT2D eigenvalue weighted by molar-refractivity contribution is 1.48. The zero-order valence-corrected chi connectivity index (χ0v) is 9.45. The van der Waals surface area contributed by atoms with E-state index in [0.29, 0.717) is 5.84 Å². The molecule has 2 aromatic rings. The van der Waals surface area contributed by atoms with Crippen LogP contribution in [0.4, 0.5) is 5.69 Å². The Bertz CT molecular complexity index is 513. The Balaban J connectivity index is 2.09. The third kappa shape index (κ3) is 3.61. The Kier molecular flexibility index (Phi) is 3.71. The van der Waals surface area contributed by atoms with Gasteiger partial charge in [0.15, 0.2) is 0 Å². The highest BCUT2D eigenvalue weighted by Gasteiger charge is 1.88. The van der Waals surface area contributed by atoms with E-state index in [0.717, 1.165) is 11.3 Å². The molecule has 0 aliphatic carbocycles. The maximum Gasteiger partial charge on any atom is 0.124 e. The third-order valence-corrected chi connectivity index (χ3v) is 2.26. The van der Waals surface area contributed by atoms with E-state index in [1.807, 2.05) is 72.8 Å². The van der Waals surface area contributed by atoms with Crippen LogP contribution in [0.25, 0.3) is 6.08 Å². The van der Waals surface area contributed by atoms with Crippen molar-refractivity contribution in [2.45, 2.75) is 0 Å². The summed E-state index contributed by atoms with van der Waals surface area (Å²) in [5.41, 5.74) is 7.79. The Morgan fingerprint density at radius 3 is 2.12 bits per heavy atom. The van der Waals surface area contributed by atoms with Gasteiger partial charge in [-0.25, -0.2) is 4.99 Å². The molecule has 0 radical (unpaired) electrons. The fraction of sp³-hybridized carbons (Fsp3) is 0. The number of benzene rings is 2. The number of rotatable bonds is 3. The SMILES string of the molecule is NC(/C=C/c1ccccc1)=Nc1ccccc1. The molecule has 0 aliphatic heterocycles. The van der Waals surface area contributed by atoms with Crippen molar-refractivity contribution in [1.29, 1.82) is 0 Å². The van der Waals surface area contributed by atoms with Gasteiger partial charge in [0.1, 0.15) is 5.84 Å². The maximum absolute atomic E-state index is 5.82. The summed E-state index contributed by atoms with van der Waals surface area (Å²) >= 11 is 0. The van der Waals surface area contributed by atoms with E-state index in [9.17, 15) is 0 Å². The Labute approximate surface area is 101 Å². The highest BCUT2D eigenvalue weighted by molar-refractivity contribution is 5.96. The smallest absolute Gasteiger partial charge is 0.124 e. The van der Waals surface area contributed by atoms with Gasteiger partial charge in [0, 0.05) is 0 Å².